The van der Waals surface area contributed by atoms with Gasteiger partial charge in [-0.25, -0.2) is 0 Å². The smallest absolute Gasteiger partial charge is 0.0626 e. The van der Waals surface area contributed by atoms with Gasteiger partial charge in [0.05, 0.1) is 6.04 Å². The van der Waals surface area contributed by atoms with Gasteiger partial charge in [-0.2, -0.15) is 0 Å². The third-order valence-electron chi connectivity index (χ3n) is 10.9. The molecule has 1 aliphatic heterocycles. The molecule has 0 aliphatic carbocycles. The zero-order chi connectivity index (χ0) is 35.1. The van der Waals surface area contributed by atoms with Gasteiger partial charge in [0.25, 0.3) is 0 Å². The number of hydrogen-bond acceptors (Lipinski definition) is 1. The zero-order valence-electron chi connectivity index (χ0n) is 29.4. The van der Waals surface area contributed by atoms with Gasteiger partial charge in [-0.1, -0.05) is 182 Å². The Morgan fingerprint density at radius 3 is 1.55 bits per heavy atom. The quantitative estimate of drug-likeness (QED) is 0.159. The molecule has 9 aromatic rings. The van der Waals surface area contributed by atoms with E-state index >= 15 is 0 Å². The third kappa shape index (κ3) is 5.41. The molecule has 1 atom stereocenters. The number of nitrogens with zero attached hydrogens (tertiary/aromatic N) is 1. The first-order valence-electron chi connectivity index (χ1n) is 18.5. The SMILES string of the molecule is C1=C(c2ccccc2)N(c2ccc3c(-c4cc5ccccc5cc4-c4ccccc4)c4ccccc4c(-c4ccccc4)c3c2)C(c2ccccc2)C1. The Morgan fingerprint density at radius 1 is 0.377 bits per heavy atom. The lowest BCUT2D eigenvalue weighted by molar-refractivity contribution is 0.749. The normalized spacial score (nSPS) is 14.2. The summed E-state index contributed by atoms with van der Waals surface area (Å²) in [7, 11) is 0. The van der Waals surface area contributed by atoms with Crippen molar-refractivity contribution >= 4 is 43.7 Å². The summed E-state index contributed by atoms with van der Waals surface area (Å²) in [6, 6.07) is 73.6. The van der Waals surface area contributed by atoms with Gasteiger partial charge in [0.15, 0.2) is 0 Å². The van der Waals surface area contributed by atoms with Crippen molar-refractivity contribution in [3.8, 4) is 33.4 Å². The Labute approximate surface area is 310 Å². The van der Waals surface area contributed by atoms with E-state index in [4.69, 9.17) is 0 Å². The van der Waals surface area contributed by atoms with Crippen LogP contribution in [-0.4, -0.2) is 0 Å². The minimum absolute atomic E-state index is 0.189. The van der Waals surface area contributed by atoms with Crippen LogP contribution in [0.5, 0.6) is 0 Å². The Bertz CT molecular complexity index is 2780. The second kappa shape index (κ2) is 13.1. The Kier molecular flexibility index (Phi) is 7.69. The van der Waals surface area contributed by atoms with Crippen LogP contribution in [0, 0.1) is 0 Å². The van der Waals surface area contributed by atoms with Crippen molar-refractivity contribution in [2.75, 3.05) is 4.90 Å². The van der Waals surface area contributed by atoms with Crippen LogP contribution in [0.1, 0.15) is 23.6 Å². The molecule has 0 fully saturated rings. The molecule has 53 heavy (non-hydrogen) atoms. The van der Waals surface area contributed by atoms with Crippen LogP contribution in [0.4, 0.5) is 5.69 Å². The summed E-state index contributed by atoms with van der Waals surface area (Å²) in [4.78, 5) is 2.57. The summed E-state index contributed by atoms with van der Waals surface area (Å²) >= 11 is 0. The van der Waals surface area contributed by atoms with Gasteiger partial charge < -0.3 is 4.90 Å². The number of fused-ring (bicyclic) bond motifs is 3. The van der Waals surface area contributed by atoms with Crippen molar-refractivity contribution in [1.82, 2.24) is 0 Å². The summed E-state index contributed by atoms with van der Waals surface area (Å²) in [6.07, 6.45) is 3.36. The lowest BCUT2D eigenvalue weighted by Crippen LogP contribution is -2.22. The van der Waals surface area contributed by atoms with Crippen molar-refractivity contribution in [2.45, 2.75) is 12.5 Å². The highest BCUT2D eigenvalue weighted by molar-refractivity contribution is 6.23. The van der Waals surface area contributed by atoms with Crippen molar-refractivity contribution < 1.29 is 0 Å². The lowest BCUT2D eigenvalue weighted by atomic mass is 9.83. The van der Waals surface area contributed by atoms with Gasteiger partial charge in [0.2, 0.25) is 0 Å². The monoisotopic (exact) mass is 675 g/mol. The second-order valence-electron chi connectivity index (χ2n) is 14.0. The molecule has 0 bridgehead atoms. The van der Waals surface area contributed by atoms with Gasteiger partial charge in [-0.05, 0) is 108 Å². The molecular formula is C52H37N. The maximum Gasteiger partial charge on any atom is 0.0626 e. The van der Waals surface area contributed by atoms with Gasteiger partial charge >= 0.3 is 0 Å². The average Bonchev–Trinajstić information content (AvgIpc) is 3.69. The van der Waals surface area contributed by atoms with E-state index in [1.54, 1.807) is 0 Å². The highest BCUT2D eigenvalue weighted by atomic mass is 15.2. The molecule has 0 saturated carbocycles. The predicted molar refractivity (Wildman–Crippen MR) is 226 cm³/mol. The van der Waals surface area contributed by atoms with Crippen molar-refractivity contribution in [2.24, 2.45) is 0 Å². The molecule has 0 N–H and O–H groups in total. The maximum atomic E-state index is 2.57. The van der Waals surface area contributed by atoms with Gasteiger partial charge in [-0.3, -0.25) is 0 Å². The van der Waals surface area contributed by atoms with Gasteiger partial charge in [0.1, 0.15) is 0 Å². The summed E-state index contributed by atoms with van der Waals surface area (Å²) in [5, 5.41) is 7.49. The molecule has 0 spiro atoms. The van der Waals surface area contributed by atoms with E-state index in [0.717, 1.165) is 6.42 Å². The molecule has 250 valence electrons. The summed E-state index contributed by atoms with van der Waals surface area (Å²) in [5.41, 5.74) is 12.5. The number of hydrogen-bond donors (Lipinski definition) is 0. The number of anilines is 1. The first-order chi connectivity index (χ1) is 26.3. The number of benzene rings is 9. The molecule has 1 nitrogen and oxygen atoms in total. The fourth-order valence-corrected chi connectivity index (χ4v) is 8.57. The average molecular weight is 676 g/mol. The molecule has 0 aromatic heterocycles. The van der Waals surface area contributed by atoms with Crippen LogP contribution in [-0.2, 0) is 0 Å². The van der Waals surface area contributed by atoms with Crippen molar-refractivity contribution in [1.29, 1.82) is 0 Å². The number of rotatable bonds is 6. The third-order valence-corrected chi connectivity index (χ3v) is 10.9. The molecule has 1 unspecified atom stereocenters. The highest BCUT2D eigenvalue weighted by Crippen LogP contribution is 2.50. The first kappa shape index (κ1) is 31.1. The Hall–Kier alpha value is -6.70. The van der Waals surface area contributed by atoms with E-state index in [0.29, 0.717) is 0 Å². The summed E-state index contributed by atoms with van der Waals surface area (Å²) < 4.78 is 0. The minimum Gasteiger partial charge on any atom is -0.333 e. The lowest BCUT2D eigenvalue weighted by Gasteiger charge is -2.31. The van der Waals surface area contributed by atoms with E-state index in [-0.39, 0.29) is 6.04 Å². The maximum absolute atomic E-state index is 2.57. The standard InChI is InChI=1S/C52H37N/c1-5-17-36(18-6-1)46-33-40-25-13-14-26-41(40)34-47(46)52-44-28-16-15-27-43(44)51(39-23-11-4-12-24-39)48-35-42(29-30-45(48)52)53-49(37-19-7-2-8-20-37)31-32-50(53)38-21-9-3-10-22-38/h1-31,33-35,50H,32H2. The molecule has 1 heterocycles. The topological polar surface area (TPSA) is 3.24 Å². The largest absolute Gasteiger partial charge is 0.333 e. The van der Waals surface area contributed by atoms with Crippen LogP contribution in [0.25, 0.3) is 71.4 Å². The van der Waals surface area contributed by atoms with Crippen molar-refractivity contribution in [3.05, 3.63) is 217 Å². The van der Waals surface area contributed by atoms with Crippen LogP contribution >= 0.6 is 0 Å². The van der Waals surface area contributed by atoms with E-state index in [9.17, 15) is 0 Å². The molecule has 0 amide bonds. The molecule has 9 aromatic carbocycles. The van der Waals surface area contributed by atoms with Crippen LogP contribution in [0.2, 0.25) is 0 Å². The molecule has 1 heteroatoms. The van der Waals surface area contributed by atoms with E-state index in [1.165, 1.54) is 88.2 Å². The van der Waals surface area contributed by atoms with Crippen LogP contribution in [0.15, 0.2) is 206 Å². The van der Waals surface area contributed by atoms with Crippen LogP contribution in [0.3, 0.4) is 0 Å². The Morgan fingerprint density at radius 2 is 0.887 bits per heavy atom. The predicted octanol–water partition coefficient (Wildman–Crippen LogP) is 14.1. The fourth-order valence-electron chi connectivity index (χ4n) is 8.57. The second-order valence-corrected chi connectivity index (χ2v) is 14.0. The minimum atomic E-state index is 0.189. The molecule has 0 saturated heterocycles. The summed E-state index contributed by atoms with van der Waals surface area (Å²) in [6.45, 7) is 0. The summed E-state index contributed by atoms with van der Waals surface area (Å²) in [5.74, 6) is 0. The molecule has 0 radical (unpaired) electrons. The Balaban J connectivity index is 1.30. The van der Waals surface area contributed by atoms with E-state index in [2.05, 4.69) is 211 Å². The molecule has 1 aliphatic rings. The van der Waals surface area contributed by atoms with Gasteiger partial charge in [-0.15, -0.1) is 0 Å². The first-order valence-corrected chi connectivity index (χ1v) is 18.5. The van der Waals surface area contributed by atoms with Gasteiger partial charge in [0, 0.05) is 11.4 Å². The van der Waals surface area contributed by atoms with E-state index in [1.807, 2.05) is 0 Å². The zero-order valence-corrected chi connectivity index (χ0v) is 29.4. The highest BCUT2D eigenvalue weighted by Gasteiger charge is 2.30. The molecule has 10 rings (SSSR count). The van der Waals surface area contributed by atoms with E-state index < -0.39 is 0 Å². The van der Waals surface area contributed by atoms with Crippen molar-refractivity contribution in [3.63, 3.8) is 0 Å². The van der Waals surface area contributed by atoms with Crippen LogP contribution < -0.4 is 4.90 Å². The fraction of sp³-hybridized carbons (Fsp3) is 0.0385. The molecular weight excluding hydrogens is 639 g/mol.